The van der Waals surface area contributed by atoms with E-state index < -0.39 is 42.3 Å². The van der Waals surface area contributed by atoms with Crippen molar-refractivity contribution in [2.45, 2.75) is 12.5 Å². The van der Waals surface area contributed by atoms with Crippen molar-refractivity contribution in [2.75, 3.05) is 19.0 Å². The van der Waals surface area contributed by atoms with Crippen molar-refractivity contribution in [2.24, 2.45) is 0 Å². The molecular weight excluding hydrogens is 464 g/mol. The Bertz CT molecular complexity index is 1300. The first-order valence-corrected chi connectivity index (χ1v) is 11.1. The minimum Gasteiger partial charge on any atom is -0.465 e. The molecule has 4 rings (SSSR count). The Kier molecular flexibility index (Phi) is 7.20. The lowest BCUT2D eigenvalue weighted by molar-refractivity contribution is -0.151. The molecule has 9 heteroatoms. The number of nitrogens with zero attached hydrogens (tertiary/aromatic N) is 1. The van der Waals surface area contributed by atoms with E-state index in [0.717, 1.165) is 4.90 Å². The monoisotopic (exact) mass is 486 g/mol. The second kappa shape index (κ2) is 10.6. The Balaban J connectivity index is 1.51. The van der Waals surface area contributed by atoms with Gasteiger partial charge in [0.25, 0.3) is 17.7 Å². The maximum atomic E-state index is 13.1. The predicted molar refractivity (Wildman–Crippen MR) is 128 cm³/mol. The summed E-state index contributed by atoms with van der Waals surface area (Å²) in [5.74, 6) is -3.48. The number of nitrogens with one attached hydrogen (secondary N) is 1. The lowest BCUT2D eigenvalue weighted by Crippen LogP contribution is -2.47. The van der Waals surface area contributed by atoms with Gasteiger partial charge in [0.05, 0.1) is 29.5 Å². The van der Waals surface area contributed by atoms with Crippen LogP contribution in [0.15, 0.2) is 78.9 Å². The summed E-state index contributed by atoms with van der Waals surface area (Å²) in [4.78, 5) is 64.5. The molecule has 1 unspecified atom stereocenters. The van der Waals surface area contributed by atoms with Crippen molar-refractivity contribution >= 4 is 35.3 Å². The highest BCUT2D eigenvalue weighted by molar-refractivity contribution is 6.22. The molecule has 1 aliphatic rings. The third-order valence-corrected chi connectivity index (χ3v) is 5.63. The fraction of sp³-hybridized carbons (Fsp3) is 0.148. The Labute approximate surface area is 206 Å². The molecule has 0 spiro atoms. The average molecular weight is 486 g/mol. The van der Waals surface area contributed by atoms with Gasteiger partial charge in [0.15, 0.2) is 6.61 Å². The van der Waals surface area contributed by atoms with E-state index in [9.17, 15) is 24.0 Å². The number of methoxy groups -OCH3 is 1. The van der Waals surface area contributed by atoms with Crippen molar-refractivity contribution in [3.8, 4) is 0 Å². The van der Waals surface area contributed by atoms with E-state index in [4.69, 9.17) is 9.47 Å². The smallest absolute Gasteiger partial charge is 0.339 e. The number of hydrogen-bond acceptors (Lipinski definition) is 7. The Morgan fingerprint density at radius 1 is 0.833 bits per heavy atom. The summed E-state index contributed by atoms with van der Waals surface area (Å²) in [6, 6.07) is 20.1. The van der Waals surface area contributed by atoms with Gasteiger partial charge in [-0.1, -0.05) is 54.6 Å². The number of benzene rings is 3. The van der Waals surface area contributed by atoms with Gasteiger partial charge in [-0.05, 0) is 29.8 Å². The quantitative estimate of drug-likeness (QED) is 0.384. The Morgan fingerprint density at radius 3 is 2.06 bits per heavy atom. The number of ether oxygens (including phenoxy) is 2. The van der Waals surface area contributed by atoms with Crippen LogP contribution in [0.2, 0.25) is 0 Å². The number of imide groups is 1. The first-order valence-electron chi connectivity index (χ1n) is 11.1. The van der Waals surface area contributed by atoms with E-state index in [1.54, 1.807) is 54.6 Å². The molecular formula is C27H22N2O7. The highest BCUT2D eigenvalue weighted by atomic mass is 16.5. The molecule has 3 amide bonds. The zero-order valence-electron chi connectivity index (χ0n) is 19.3. The van der Waals surface area contributed by atoms with Crippen LogP contribution < -0.4 is 5.32 Å². The molecule has 0 aromatic heterocycles. The zero-order chi connectivity index (χ0) is 25.7. The number of carbonyl (C=O) groups excluding carboxylic acids is 5. The molecule has 0 bridgehead atoms. The van der Waals surface area contributed by atoms with Crippen LogP contribution in [0.25, 0.3) is 0 Å². The summed E-state index contributed by atoms with van der Waals surface area (Å²) < 4.78 is 9.94. The van der Waals surface area contributed by atoms with Crippen molar-refractivity contribution in [3.63, 3.8) is 0 Å². The molecule has 0 saturated carbocycles. The number of amides is 3. The van der Waals surface area contributed by atoms with E-state index >= 15 is 0 Å². The first kappa shape index (κ1) is 24.3. The topological polar surface area (TPSA) is 119 Å². The highest BCUT2D eigenvalue weighted by Crippen LogP contribution is 2.26. The predicted octanol–water partition coefficient (Wildman–Crippen LogP) is 2.86. The number of hydrogen-bond donors (Lipinski definition) is 1. The SMILES string of the molecule is COC(=O)c1ccccc1NC(=O)COC(=O)C(Cc1ccccc1)N1C(=O)c2ccccc2C1=O. The van der Waals surface area contributed by atoms with Crippen molar-refractivity contribution in [1.29, 1.82) is 0 Å². The highest BCUT2D eigenvalue weighted by Gasteiger charge is 2.43. The number of para-hydroxylation sites is 1. The second-order valence-electron chi connectivity index (χ2n) is 7.92. The number of rotatable bonds is 8. The van der Waals surface area contributed by atoms with Gasteiger partial charge in [0.1, 0.15) is 6.04 Å². The first-order chi connectivity index (χ1) is 17.4. The molecule has 0 saturated heterocycles. The normalized spacial score (nSPS) is 13.1. The van der Waals surface area contributed by atoms with Gasteiger partial charge in [-0.3, -0.25) is 19.3 Å². The number of esters is 2. The summed E-state index contributed by atoms with van der Waals surface area (Å²) in [6.45, 7) is -0.692. The van der Waals surface area contributed by atoms with Gasteiger partial charge < -0.3 is 14.8 Å². The number of anilines is 1. The summed E-state index contributed by atoms with van der Waals surface area (Å²) >= 11 is 0. The Morgan fingerprint density at radius 2 is 1.42 bits per heavy atom. The van der Waals surface area contributed by atoms with Crippen LogP contribution in [0.5, 0.6) is 0 Å². The van der Waals surface area contributed by atoms with Crippen LogP contribution in [-0.2, 0) is 25.5 Å². The van der Waals surface area contributed by atoms with Gasteiger partial charge in [0.2, 0.25) is 0 Å². The van der Waals surface area contributed by atoms with Crippen molar-refractivity contribution in [1.82, 2.24) is 4.90 Å². The molecule has 1 aliphatic heterocycles. The van der Waals surface area contributed by atoms with Gasteiger partial charge >= 0.3 is 11.9 Å². The van der Waals surface area contributed by atoms with Crippen LogP contribution in [0.4, 0.5) is 5.69 Å². The summed E-state index contributed by atoms with van der Waals surface area (Å²) in [5, 5.41) is 2.51. The fourth-order valence-corrected chi connectivity index (χ4v) is 3.91. The fourth-order valence-electron chi connectivity index (χ4n) is 3.91. The van der Waals surface area contributed by atoms with E-state index in [1.807, 2.05) is 0 Å². The lowest BCUT2D eigenvalue weighted by Gasteiger charge is -2.24. The minimum atomic E-state index is -1.28. The van der Waals surface area contributed by atoms with E-state index in [1.165, 1.54) is 31.4 Å². The summed E-state index contributed by atoms with van der Waals surface area (Å²) in [5.41, 5.74) is 1.42. The second-order valence-corrected chi connectivity index (χ2v) is 7.92. The van der Waals surface area contributed by atoms with Crippen LogP contribution in [-0.4, -0.2) is 54.3 Å². The largest absolute Gasteiger partial charge is 0.465 e. The molecule has 1 atom stereocenters. The average Bonchev–Trinajstić information content (AvgIpc) is 3.16. The van der Waals surface area contributed by atoms with Crippen LogP contribution >= 0.6 is 0 Å². The molecule has 1 N–H and O–H groups in total. The van der Waals surface area contributed by atoms with E-state index in [0.29, 0.717) is 5.56 Å². The molecule has 3 aromatic rings. The van der Waals surface area contributed by atoms with Crippen LogP contribution in [0.3, 0.4) is 0 Å². The maximum Gasteiger partial charge on any atom is 0.339 e. The minimum absolute atomic E-state index is 0.0118. The number of fused-ring (bicyclic) bond motifs is 1. The standard InChI is InChI=1S/C27H22N2O7/c1-35-26(33)20-13-7-8-14-21(20)28-23(30)16-36-27(34)22(15-17-9-3-2-4-10-17)29-24(31)18-11-5-6-12-19(18)25(29)32/h2-14,22H,15-16H2,1H3,(H,28,30). The summed E-state index contributed by atoms with van der Waals surface area (Å²) in [7, 11) is 1.22. The Hall–Kier alpha value is -4.79. The van der Waals surface area contributed by atoms with Gasteiger partial charge in [-0.2, -0.15) is 0 Å². The van der Waals surface area contributed by atoms with Gasteiger partial charge in [-0.15, -0.1) is 0 Å². The molecule has 182 valence electrons. The zero-order valence-corrected chi connectivity index (χ0v) is 19.3. The maximum absolute atomic E-state index is 13.1. The third kappa shape index (κ3) is 5.00. The molecule has 0 aliphatic carbocycles. The van der Waals surface area contributed by atoms with Crippen LogP contribution in [0, 0.1) is 0 Å². The van der Waals surface area contributed by atoms with Crippen LogP contribution in [0.1, 0.15) is 36.6 Å². The molecule has 0 fully saturated rings. The number of carbonyl (C=O) groups is 5. The van der Waals surface area contributed by atoms with E-state index in [2.05, 4.69) is 5.32 Å². The van der Waals surface area contributed by atoms with Gasteiger partial charge in [-0.25, -0.2) is 9.59 Å². The van der Waals surface area contributed by atoms with Crippen molar-refractivity contribution < 1.29 is 33.4 Å². The van der Waals surface area contributed by atoms with Crippen molar-refractivity contribution in [3.05, 3.63) is 101 Å². The third-order valence-electron chi connectivity index (χ3n) is 5.63. The molecule has 36 heavy (non-hydrogen) atoms. The lowest BCUT2D eigenvalue weighted by atomic mass is 10.0. The van der Waals surface area contributed by atoms with E-state index in [-0.39, 0.29) is 28.8 Å². The molecule has 3 aromatic carbocycles. The molecule has 0 radical (unpaired) electrons. The molecule has 9 nitrogen and oxygen atoms in total. The summed E-state index contributed by atoms with van der Waals surface area (Å²) in [6.07, 6.45) is 0.0118. The molecule has 1 heterocycles. The van der Waals surface area contributed by atoms with Gasteiger partial charge in [0, 0.05) is 6.42 Å².